The second-order valence-electron chi connectivity index (χ2n) is 16.7. The average Bonchev–Trinajstić information content (AvgIpc) is 4.09. The van der Waals surface area contributed by atoms with Crippen molar-refractivity contribution in [2.24, 2.45) is 0 Å². The first-order valence-electron chi connectivity index (χ1n) is 21.9. The van der Waals surface area contributed by atoms with Crippen molar-refractivity contribution in [2.75, 3.05) is 0 Å². The summed E-state index contributed by atoms with van der Waals surface area (Å²) >= 11 is 0. The van der Waals surface area contributed by atoms with Gasteiger partial charge in [0.1, 0.15) is 0 Å². The lowest BCUT2D eigenvalue weighted by Crippen LogP contribution is -2.01. The van der Waals surface area contributed by atoms with Crippen LogP contribution in [0.15, 0.2) is 225 Å². The zero-order valence-electron chi connectivity index (χ0n) is 34.6. The van der Waals surface area contributed by atoms with Gasteiger partial charge < -0.3 is 18.3 Å². The lowest BCUT2D eigenvalue weighted by atomic mass is 9.95. The van der Waals surface area contributed by atoms with Crippen LogP contribution in [0.25, 0.3) is 121 Å². The van der Waals surface area contributed by atoms with Crippen molar-refractivity contribution in [1.82, 2.24) is 23.3 Å². The third-order valence-corrected chi connectivity index (χ3v) is 13.4. The van der Waals surface area contributed by atoms with Crippen LogP contribution in [-0.2, 0) is 0 Å². The van der Waals surface area contributed by atoms with Crippen LogP contribution in [0.3, 0.4) is 0 Å². The maximum Gasteiger partial charge on any atom is 0.0963 e. The van der Waals surface area contributed by atoms with Crippen LogP contribution in [0.4, 0.5) is 0 Å². The Labute approximate surface area is 367 Å². The molecule has 5 heteroatoms. The van der Waals surface area contributed by atoms with Crippen molar-refractivity contribution < 1.29 is 0 Å². The van der Waals surface area contributed by atoms with Crippen molar-refractivity contribution in [2.45, 2.75) is 0 Å². The SMILES string of the molecule is c1ccc(-n2c3ccccc3c3cc(-n4c5ccccc5c5cccc(-c6c(-n7c8ccccc8c8ncccc87)ccc7c6c6ccccc6n7-c6ccccc6)c54)ccc32)cc1. The van der Waals surface area contributed by atoms with Gasteiger partial charge in [-0.15, -0.1) is 0 Å². The predicted octanol–water partition coefficient (Wildman–Crippen LogP) is 15.1. The van der Waals surface area contributed by atoms with Gasteiger partial charge in [0.05, 0.1) is 55.3 Å². The van der Waals surface area contributed by atoms with E-state index in [-0.39, 0.29) is 0 Å². The van der Waals surface area contributed by atoms with E-state index < -0.39 is 0 Å². The first-order valence-corrected chi connectivity index (χ1v) is 21.9. The van der Waals surface area contributed by atoms with Crippen molar-refractivity contribution in [3.05, 3.63) is 225 Å². The van der Waals surface area contributed by atoms with Crippen LogP contribution < -0.4 is 0 Å². The number of hydrogen-bond donors (Lipinski definition) is 0. The summed E-state index contributed by atoms with van der Waals surface area (Å²) in [7, 11) is 0. The maximum atomic E-state index is 4.98. The first kappa shape index (κ1) is 35.0. The van der Waals surface area contributed by atoms with Crippen LogP contribution in [0.2, 0.25) is 0 Å². The van der Waals surface area contributed by atoms with E-state index >= 15 is 0 Å². The maximum absolute atomic E-state index is 4.98. The summed E-state index contributed by atoms with van der Waals surface area (Å²) in [5, 5.41) is 8.40. The van der Waals surface area contributed by atoms with Gasteiger partial charge in [0, 0.05) is 72.1 Å². The van der Waals surface area contributed by atoms with E-state index in [0.29, 0.717) is 0 Å². The molecule has 0 amide bonds. The standard InChI is InChI=1S/C59H37N5/c1-3-17-38(18-4-1)61-48-27-11-8-22-42(48)47-37-40(32-33-52(47)61)63-49-28-12-7-21-41(49)43-25-15-26-46(59(43)63)57-54(64-51-30-14-10-24-45(51)58-55(64)31-16-36-60-58)35-34-53-56(57)44-23-9-13-29-50(44)62(53)39-19-5-2-6-20-39/h1-37H. The Hall–Kier alpha value is -8.67. The van der Waals surface area contributed by atoms with E-state index in [1.165, 1.54) is 59.9 Å². The second kappa shape index (κ2) is 13.4. The molecule has 64 heavy (non-hydrogen) atoms. The monoisotopic (exact) mass is 815 g/mol. The molecule has 0 aliphatic rings. The molecule has 0 unspecified atom stereocenters. The van der Waals surface area contributed by atoms with Gasteiger partial charge in [-0.05, 0) is 91.0 Å². The molecular weight excluding hydrogens is 779 g/mol. The number of hydrogen-bond acceptors (Lipinski definition) is 1. The number of rotatable bonds is 5. The molecule has 9 aromatic carbocycles. The van der Waals surface area contributed by atoms with Gasteiger partial charge in [-0.25, -0.2) is 0 Å². The summed E-state index contributed by atoms with van der Waals surface area (Å²) in [6.45, 7) is 0. The Kier molecular flexibility index (Phi) is 7.33. The molecule has 0 saturated heterocycles. The van der Waals surface area contributed by atoms with Crippen molar-refractivity contribution in [3.63, 3.8) is 0 Å². The highest BCUT2D eigenvalue weighted by Gasteiger charge is 2.26. The fourth-order valence-corrected chi connectivity index (χ4v) is 10.9. The van der Waals surface area contributed by atoms with Gasteiger partial charge in [-0.1, -0.05) is 127 Å². The zero-order valence-corrected chi connectivity index (χ0v) is 34.6. The Bertz CT molecular complexity index is 4130. The van der Waals surface area contributed by atoms with Gasteiger partial charge in [0.25, 0.3) is 0 Å². The molecule has 298 valence electrons. The second-order valence-corrected chi connectivity index (χ2v) is 16.7. The van der Waals surface area contributed by atoms with E-state index in [2.05, 4.69) is 237 Å². The van der Waals surface area contributed by atoms with E-state index in [1.807, 2.05) is 6.20 Å². The number of pyridine rings is 1. The third-order valence-electron chi connectivity index (χ3n) is 13.4. The fraction of sp³-hybridized carbons (Fsp3) is 0. The Morgan fingerprint density at radius 1 is 0.297 bits per heavy atom. The molecule has 0 fully saturated rings. The van der Waals surface area contributed by atoms with Crippen molar-refractivity contribution in [3.8, 4) is 33.9 Å². The van der Waals surface area contributed by atoms with Crippen LogP contribution in [0.1, 0.15) is 0 Å². The minimum absolute atomic E-state index is 0.992. The third kappa shape index (κ3) is 4.81. The first-order chi connectivity index (χ1) is 31.8. The summed E-state index contributed by atoms with van der Waals surface area (Å²) in [5.41, 5.74) is 17.0. The molecule has 0 saturated carbocycles. The van der Waals surface area contributed by atoms with E-state index in [1.54, 1.807) is 0 Å². The molecule has 5 nitrogen and oxygen atoms in total. The zero-order chi connectivity index (χ0) is 41.9. The molecule has 14 aromatic rings. The van der Waals surface area contributed by atoms with Crippen LogP contribution >= 0.6 is 0 Å². The number of fused-ring (bicyclic) bond motifs is 12. The highest BCUT2D eigenvalue weighted by Crippen LogP contribution is 2.48. The molecule has 5 aromatic heterocycles. The van der Waals surface area contributed by atoms with E-state index in [9.17, 15) is 0 Å². The fourth-order valence-electron chi connectivity index (χ4n) is 10.9. The van der Waals surface area contributed by atoms with E-state index in [4.69, 9.17) is 4.98 Å². The Balaban J connectivity index is 1.16. The minimum Gasteiger partial charge on any atom is -0.309 e. The Morgan fingerprint density at radius 2 is 0.812 bits per heavy atom. The van der Waals surface area contributed by atoms with Gasteiger partial charge in [-0.2, -0.15) is 0 Å². The lowest BCUT2D eigenvalue weighted by Gasteiger charge is -2.19. The number of benzene rings is 9. The van der Waals surface area contributed by atoms with Crippen LogP contribution in [0, 0.1) is 0 Å². The molecule has 0 atom stereocenters. The predicted molar refractivity (Wildman–Crippen MR) is 267 cm³/mol. The smallest absolute Gasteiger partial charge is 0.0963 e. The molecular formula is C59H37N5. The van der Waals surface area contributed by atoms with Gasteiger partial charge in [0.2, 0.25) is 0 Å². The van der Waals surface area contributed by atoms with Crippen molar-refractivity contribution in [1.29, 1.82) is 0 Å². The van der Waals surface area contributed by atoms with Crippen LogP contribution in [0.5, 0.6) is 0 Å². The molecule has 5 heterocycles. The van der Waals surface area contributed by atoms with Crippen molar-refractivity contribution >= 4 is 87.4 Å². The number of aromatic nitrogens is 5. The largest absolute Gasteiger partial charge is 0.309 e. The summed E-state index contributed by atoms with van der Waals surface area (Å²) in [4.78, 5) is 4.98. The highest BCUT2D eigenvalue weighted by molar-refractivity contribution is 6.23. The van der Waals surface area contributed by atoms with Gasteiger partial charge in [0.15, 0.2) is 0 Å². The van der Waals surface area contributed by atoms with Gasteiger partial charge in [-0.3, -0.25) is 4.98 Å². The quantitative estimate of drug-likeness (QED) is 0.170. The molecule has 0 spiro atoms. The topological polar surface area (TPSA) is 32.6 Å². The Morgan fingerprint density at radius 3 is 1.53 bits per heavy atom. The molecule has 0 aliphatic carbocycles. The minimum atomic E-state index is 0.992. The molecule has 14 rings (SSSR count). The summed E-state index contributed by atoms with van der Waals surface area (Å²) < 4.78 is 9.77. The molecule has 0 bridgehead atoms. The normalized spacial score (nSPS) is 12.1. The van der Waals surface area contributed by atoms with Gasteiger partial charge >= 0.3 is 0 Å². The molecule has 0 N–H and O–H groups in total. The van der Waals surface area contributed by atoms with E-state index in [0.717, 1.165) is 61.3 Å². The number of nitrogens with zero attached hydrogens (tertiary/aromatic N) is 5. The molecule has 0 radical (unpaired) electrons. The number of para-hydroxylation sites is 7. The average molecular weight is 816 g/mol. The highest BCUT2D eigenvalue weighted by atomic mass is 15.0. The summed E-state index contributed by atoms with van der Waals surface area (Å²) in [6.07, 6.45) is 1.91. The van der Waals surface area contributed by atoms with Crippen LogP contribution in [-0.4, -0.2) is 23.3 Å². The summed E-state index contributed by atoms with van der Waals surface area (Å²) in [5.74, 6) is 0. The molecule has 0 aliphatic heterocycles. The lowest BCUT2D eigenvalue weighted by molar-refractivity contribution is 1.16. The summed E-state index contributed by atoms with van der Waals surface area (Å²) in [6, 6.07) is 79.6.